The third kappa shape index (κ3) is 4.94. The van der Waals surface area contributed by atoms with E-state index in [1.807, 2.05) is 20.8 Å². The Balaban J connectivity index is 1.57. The number of anilines is 1. The van der Waals surface area contributed by atoms with Gasteiger partial charge in [0.1, 0.15) is 13.2 Å². The van der Waals surface area contributed by atoms with Crippen molar-refractivity contribution >= 4 is 11.9 Å². The molecule has 10 nitrogen and oxygen atoms in total. The van der Waals surface area contributed by atoms with Gasteiger partial charge in [-0.05, 0) is 51.1 Å². The van der Waals surface area contributed by atoms with Gasteiger partial charge in [-0.15, -0.1) is 5.10 Å². The van der Waals surface area contributed by atoms with E-state index in [-0.39, 0.29) is 11.9 Å². The van der Waals surface area contributed by atoms with E-state index in [1.54, 1.807) is 30.3 Å². The highest BCUT2D eigenvalue weighted by Crippen LogP contribution is 2.42. The molecule has 3 aromatic rings. The van der Waals surface area contributed by atoms with Crippen molar-refractivity contribution in [2.45, 2.75) is 20.8 Å². The number of nitrogens with zero attached hydrogens (tertiary/aromatic N) is 2. The molecule has 0 aliphatic carbocycles. The summed E-state index contributed by atoms with van der Waals surface area (Å²) in [6, 6.07) is 8.35. The van der Waals surface area contributed by atoms with E-state index in [1.165, 1.54) is 0 Å². The first kappa shape index (κ1) is 22.3. The number of fused-ring (bicyclic) bond motifs is 1. The Bertz CT molecular complexity index is 1100. The Hall–Kier alpha value is -3.95. The van der Waals surface area contributed by atoms with Crippen LogP contribution in [0.2, 0.25) is 0 Å². The summed E-state index contributed by atoms with van der Waals surface area (Å²) in [5, 5.41) is 10.6. The van der Waals surface area contributed by atoms with Gasteiger partial charge in [-0.3, -0.25) is 10.1 Å². The molecule has 0 saturated carbocycles. The van der Waals surface area contributed by atoms with Crippen LogP contribution < -0.4 is 29.0 Å². The van der Waals surface area contributed by atoms with Gasteiger partial charge in [0, 0.05) is 11.1 Å². The van der Waals surface area contributed by atoms with Crippen molar-refractivity contribution in [3.8, 4) is 40.2 Å². The van der Waals surface area contributed by atoms with Gasteiger partial charge in [-0.2, -0.15) is 0 Å². The second-order valence-electron chi connectivity index (χ2n) is 6.83. The molecule has 0 radical (unpaired) electrons. The highest BCUT2D eigenvalue weighted by atomic mass is 16.6. The molecule has 1 aliphatic heterocycles. The predicted molar refractivity (Wildman–Crippen MR) is 119 cm³/mol. The standard InChI is InChI=1S/C23H25N3O7/c1-4-28-18-12-15(13-19(29-5-2)20(18)30-6-3)22-25-26-23(33-22)24-21(27)14-7-8-16-17(11-14)32-10-9-31-16/h7-8,11-13H,4-6,9-10H2,1-3H3,(H,24,26,27). The maximum Gasteiger partial charge on any atom is 0.322 e. The summed E-state index contributed by atoms with van der Waals surface area (Å²) in [6.45, 7) is 7.88. The lowest BCUT2D eigenvalue weighted by atomic mass is 10.1. The third-order valence-electron chi connectivity index (χ3n) is 4.61. The van der Waals surface area contributed by atoms with Crippen LogP contribution in [0.3, 0.4) is 0 Å². The van der Waals surface area contributed by atoms with Crippen LogP contribution in [-0.2, 0) is 0 Å². The van der Waals surface area contributed by atoms with E-state index in [0.717, 1.165) is 0 Å². The lowest BCUT2D eigenvalue weighted by Gasteiger charge is -2.18. The van der Waals surface area contributed by atoms with Crippen molar-refractivity contribution in [2.75, 3.05) is 38.4 Å². The Kier molecular flexibility index (Phi) is 6.82. The van der Waals surface area contributed by atoms with Crippen molar-refractivity contribution in [3.05, 3.63) is 35.9 Å². The first-order valence-electron chi connectivity index (χ1n) is 10.7. The minimum Gasteiger partial charge on any atom is -0.490 e. The lowest BCUT2D eigenvalue weighted by Crippen LogP contribution is -2.17. The zero-order valence-corrected chi connectivity index (χ0v) is 18.7. The largest absolute Gasteiger partial charge is 0.490 e. The number of carbonyl (C=O) groups is 1. The zero-order chi connectivity index (χ0) is 23.2. The average Bonchev–Trinajstić information content (AvgIpc) is 3.29. The molecular weight excluding hydrogens is 430 g/mol. The van der Waals surface area contributed by atoms with Crippen molar-refractivity contribution in [3.63, 3.8) is 0 Å². The number of carbonyl (C=O) groups excluding carboxylic acids is 1. The Morgan fingerprint density at radius 2 is 1.58 bits per heavy atom. The number of benzene rings is 2. The van der Waals surface area contributed by atoms with Crippen molar-refractivity contribution in [1.82, 2.24) is 10.2 Å². The fourth-order valence-corrected chi connectivity index (χ4v) is 3.26. The fourth-order valence-electron chi connectivity index (χ4n) is 3.26. The normalized spacial score (nSPS) is 12.2. The zero-order valence-electron chi connectivity index (χ0n) is 18.7. The Morgan fingerprint density at radius 3 is 2.24 bits per heavy atom. The van der Waals surface area contributed by atoms with E-state index in [2.05, 4.69) is 15.5 Å². The monoisotopic (exact) mass is 455 g/mol. The molecule has 1 aliphatic rings. The summed E-state index contributed by atoms with van der Waals surface area (Å²) >= 11 is 0. The number of hydrogen-bond acceptors (Lipinski definition) is 9. The van der Waals surface area contributed by atoms with Crippen LogP contribution in [0.4, 0.5) is 6.01 Å². The van der Waals surface area contributed by atoms with Gasteiger partial charge in [-0.1, -0.05) is 5.10 Å². The fraction of sp³-hybridized carbons (Fsp3) is 0.348. The maximum atomic E-state index is 12.6. The average molecular weight is 455 g/mol. The number of hydrogen-bond donors (Lipinski definition) is 1. The van der Waals surface area contributed by atoms with Crippen LogP contribution in [0.15, 0.2) is 34.7 Å². The molecular formula is C23H25N3O7. The van der Waals surface area contributed by atoms with Gasteiger partial charge in [0.25, 0.3) is 5.91 Å². The van der Waals surface area contributed by atoms with Gasteiger partial charge < -0.3 is 28.1 Å². The predicted octanol–water partition coefficient (Wildman–Crippen LogP) is 3.96. The van der Waals surface area contributed by atoms with E-state index < -0.39 is 5.91 Å². The molecule has 0 fully saturated rings. The minimum atomic E-state index is -0.418. The quantitative estimate of drug-likeness (QED) is 0.512. The SMILES string of the molecule is CCOc1cc(-c2nnc(NC(=O)c3ccc4c(c3)OCCO4)o2)cc(OCC)c1OCC. The second-order valence-corrected chi connectivity index (χ2v) is 6.83. The van der Waals surface area contributed by atoms with Crippen LogP contribution in [0, 0.1) is 0 Å². The molecule has 2 aromatic carbocycles. The molecule has 0 saturated heterocycles. The first-order chi connectivity index (χ1) is 16.1. The molecule has 1 aromatic heterocycles. The topological polar surface area (TPSA) is 114 Å². The van der Waals surface area contributed by atoms with E-state index >= 15 is 0 Å². The van der Waals surface area contributed by atoms with Gasteiger partial charge in [0.2, 0.25) is 11.6 Å². The smallest absolute Gasteiger partial charge is 0.322 e. The Morgan fingerprint density at radius 1 is 0.909 bits per heavy atom. The van der Waals surface area contributed by atoms with Gasteiger partial charge in [0.05, 0.1) is 19.8 Å². The number of rotatable bonds is 9. The van der Waals surface area contributed by atoms with Crippen LogP contribution in [0.25, 0.3) is 11.5 Å². The summed E-state index contributed by atoms with van der Waals surface area (Å²) < 4.78 is 33.9. The highest BCUT2D eigenvalue weighted by molar-refractivity contribution is 6.03. The van der Waals surface area contributed by atoms with E-state index in [9.17, 15) is 4.79 Å². The van der Waals surface area contributed by atoms with Crippen molar-refractivity contribution < 1.29 is 32.9 Å². The van der Waals surface area contributed by atoms with Gasteiger partial charge in [0.15, 0.2) is 23.0 Å². The molecule has 174 valence electrons. The molecule has 0 bridgehead atoms. The van der Waals surface area contributed by atoms with Crippen LogP contribution in [0.5, 0.6) is 28.7 Å². The summed E-state index contributed by atoms with van der Waals surface area (Å²) in [5.74, 6) is 2.40. The van der Waals surface area contributed by atoms with E-state index in [0.29, 0.717) is 72.9 Å². The van der Waals surface area contributed by atoms with Crippen molar-refractivity contribution in [1.29, 1.82) is 0 Å². The number of ether oxygens (including phenoxy) is 5. The van der Waals surface area contributed by atoms with Gasteiger partial charge in [-0.25, -0.2) is 0 Å². The first-order valence-corrected chi connectivity index (χ1v) is 10.7. The number of amides is 1. The number of aromatic nitrogens is 2. The lowest BCUT2D eigenvalue weighted by molar-refractivity contribution is 0.102. The summed E-state index contributed by atoms with van der Waals surface area (Å²) in [5.41, 5.74) is 0.940. The minimum absolute atomic E-state index is 0.0466. The maximum absolute atomic E-state index is 12.6. The molecule has 2 heterocycles. The van der Waals surface area contributed by atoms with Gasteiger partial charge >= 0.3 is 6.01 Å². The summed E-state index contributed by atoms with van der Waals surface area (Å²) in [6.07, 6.45) is 0. The molecule has 1 amide bonds. The summed E-state index contributed by atoms with van der Waals surface area (Å²) in [7, 11) is 0. The Labute approximate surface area is 190 Å². The van der Waals surface area contributed by atoms with Crippen LogP contribution >= 0.6 is 0 Å². The van der Waals surface area contributed by atoms with Crippen molar-refractivity contribution in [2.24, 2.45) is 0 Å². The molecule has 0 spiro atoms. The molecule has 10 heteroatoms. The molecule has 4 rings (SSSR count). The van der Waals surface area contributed by atoms with Crippen LogP contribution in [0.1, 0.15) is 31.1 Å². The molecule has 0 unspecified atom stereocenters. The molecule has 0 atom stereocenters. The molecule has 33 heavy (non-hydrogen) atoms. The molecule has 1 N–H and O–H groups in total. The third-order valence-corrected chi connectivity index (χ3v) is 4.61. The van der Waals surface area contributed by atoms with E-state index in [4.69, 9.17) is 28.1 Å². The highest BCUT2D eigenvalue weighted by Gasteiger charge is 2.20. The summed E-state index contributed by atoms with van der Waals surface area (Å²) in [4.78, 5) is 12.6. The number of nitrogens with one attached hydrogen (secondary N) is 1. The van der Waals surface area contributed by atoms with Crippen LogP contribution in [-0.4, -0.2) is 49.1 Å². The second kappa shape index (κ2) is 10.1.